The summed E-state index contributed by atoms with van der Waals surface area (Å²) in [5, 5.41) is 9.11. The van der Waals surface area contributed by atoms with Crippen LogP contribution in [0.4, 0.5) is 0 Å². The lowest BCUT2D eigenvalue weighted by atomic mass is 9.82. The zero-order valence-corrected chi connectivity index (χ0v) is 11.0. The molecule has 5 nitrogen and oxygen atoms in total. The molecule has 0 bridgehead atoms. The number of hydrogen-bond donors (Lipinski definition) is 2. The number of carboxylic acids is 1. The van der Waals surface area contributed by atoms with Crippen LogP contribution >= 0.6 is 0 Å². The first-order valence-electron chi connectivity index (χ1n) is 6.52. The number of allylic oxidation sites excluding steroid dienone is 2. The van der Waals surface area contributed by atoms with E-state index in [4.69, 9.17) is 9.94 Å². The van der Waals surface area contributed by atoms with Gasteiger partial charge in [-0.3, -0.25) is 14.4 Å². The molecule has 0 heterocycles. The van der Waals surface area contributed by atoms with Crippen molar-refractivity contribution in [2.75, 3.05) is 0 Å². The summed E-state index contributed by atoms with van der Waals surface area (Å²) in [6.07, 6.45) is 4.44. The maximum Gasteiger partial charge on any atom is 0.307 e. The van der Waals surface area contributed by atoms with E-state index in [-0.39, 0.29) is 12.5 Å². The molecule has 2 atom stereocenters. The molecule has 0 unspecified atom stereocenters. The quantitative estimate of drug-likeness (QED) is 0.635. The van der Waals surface area contributed by atoms with Crippen LogP contribution in [0.2, 0.25) is 0 Å². The fourth-order valence-electron chi connectivity index (χ4n) is 2.22. The average molecular weight is 275 g/mol. The van der Waals surface area contributed by atoms with Crippen molar-refractivity contribution in [1.82, 2.24) is 5.48 Å². The predicted molar refractivity (Wildman–Crippen MR) is 72.4 cm³/mol. The van der Waals surface area contributed by atoms with E-state index in [1.165, 1.54) is 0 Å². The highest BCUT2D eigenvalue weighted by molar-refractivity contribution is 5.84. The van der Waals surface area contributed by atoms with Crippen molar-refractivity contribution in [2.45, 2.75) is 19.4 Å². The number of rotatable bonds is 5. The second-order valence-electron chi connectivity index (χ2n) is 4.73. The van der Waals surface area contributed by atoms with Gasteiger partial charge in [-0.1, -0.05) is 42.5 Å². The van der Waals surface area contributed by atoms with E-state index in [1.807, 2.05) is 36.4 Å². The largest absolute Gasteiger partial charge is 0.481 e. The number of nitrogens with one attached hydrogen (secondary N) is 1. The minimum absolute atomic E-state index is 0.257. The van der Waals surface area contributed by atoms with Gasteiger partial charge in [0.2, 0.25) is 5.91 Å². The van der Waals surface area contributed by atoms with Gasteiger partial charge in [0.25, 0.3) is 0 Å². The first-order chi connectivity index (χ1) is 9.68. The van der Waals surface area contributed by atoms with Crippen molar-refractivity contribution in [3.8, 4) is 0 Å². The Morgan fingerprint density at radius 2 is 1.80 bits per heavy atom. The molecule has 0 saturated heterocycles. The third-order valence-electron chi connectivity index (χ3n) is 3.34. The number of benzene rings is 1. The Morgan fingerprint density at radius 3 is 2.45 bits per heavy atom. The molecule has 0 saturated carbocycles. The van der Waals surface area contributed by atoms with Crippen molar-refractivity contribution in [3.05, 3.63) is 48.0 Å². The van der Waals surface area contributed by atoms with Gasteiger partial charge in [0.15, 0.2) is 0 Å². The van der Waals surface area contributed by atoms with Crippen molar-refractivity contribution in [1.29, 1.82) is 0 Å². The van der Waals surface area contributed by atoms with Gasteiger partial charge in [-0.15, -0.1) is 0 Å². The average Bonchev–Trinajstić information content (AvgIpc) is 2.48. The van der Waals surface area contributed by atoms with Gasteiger partial charge >= 0.3 is 5.97 Å². The zero-order chi connectivity index (χ0) is 14.4. The van der Waals surface area contributed by atoms with Crippen LogP contribution in [-0.2, 0) is 21.0 Å². The van der Waals surface area contributed by atoms with Gasteiger partial charge in [0, 0.05) is 0 Å². The number of aliphatic carboxylic acids is 1. The molecule has 0 spiro atoms. The van der Waals surface area contributed by atoms with Crippen molar-refractivity contribution in [3.63, 3.8) is 0 Å². The minimum Gasteiger partial charge on any atom is -0.481 e. The predicted octanol–water partition coefficient (Wildman–Crippen LogP) is 1.90. The summed E-state index contributed by atoms with van der Waals surface area (Å²) in [7, 11) is 0. The van der Waals surface area contributed by atoms with E-state index in [9.17, 15) is 9.59 Å². The minimum atomic E-state index is -0.947. The van der Waals surface area contributed by atoms with Gasteiger partial charge in [0.1, 0.15) is 0 Å². The van der Waals surface area contributed by atoms with Gasteiger partial charge in [-0.2, -0.15) is 0 Å². The Hall–Kier alpha value is -2.14. The van der Waals surface area contributed by atoms with Crippen LogP contribution in [-0.4, -0.2) is 17.0 Å². The number of amides is 1. The zero-order valence-electron chi connectivity index (χ0n) is 11.0. The van der Waals surface area contributed by atoms with Crippen LogP contribution in [0, 0.1) is 11.8 Å². The number of carbonyl (C=O) groups excluding carboxylic acids is 1. The van der Waals surface area contributed by atoms with Gasteiger partial charge in [0.05, 0.1) is 18.4 Å². The van der Waals surface area contributed by atoms with Crippen LogP contribution in [0.5, 0.6) is 0 Å². The molecular weight excluding hydrogens is 258 g/mol. The molecule has 1 aromatic carbocycles. The standard InChI is InChI=1S/C15H17NO4/c17-14(12-8-4-5-9-13(12)15(18)19)16-20-10-11-6-2-1-3-7-11/h1-7,12-13H,8-10H2,(H,16,17)(H,18,19)/t12-,13+/m1/s1. The molecular formula is C15H17NO4. The first kappa shape index (κ1) is 14.3. The third kappa shape index (κ3) is 3.68. The summed E-state index contributed by atoms with van der Waals surface area (Å²) >= 11 is 0. The van der Waals surface area contributed by atoms with E-state index in [0.29, 0.717) is 12.8 Å². The molecule has 5 heteroatoms. The van der Waals surface area contributed by atoms with Crippen LogP contribution in [0.1, 0.15) is 18.4 Å². The maximum atomic E-state index is 12.0. The van der Waals surface area contributed by atoms with Crippen LogP contribution in [0.15, 0.2) is 42.5 Å². The molecule has 1 aliphatic carbocycles. The van der Waals surface area contributed by atoms with E-state index < -0.39 is 17.8 Å². The second-order valence-corrected chi connectivity index (χ2v) is 4.73. The molecule has 1 aromatic rings. The van der Waals surface area contributed by atoms with Crippen molar-refractivity contribution < 1.29 is 19.5 Å². The molecule has 20 heavy (non-hydrogen) atoms. The van der Waals surface area contributed by atoms with Crippen LogP contribution in [0.3, 0.4) is 0 Å². The summed E-state index contributed by atoms with van der Waals surface area (Å²) in [6.45, 7) is 0.257. The number of hydrogen-bond acceptors (Lipinski definition) is 3. The van der Waals surface area contributed by atoms with E-state index in [2.05, 4.69) is 5.48 Å². The van der Waals surface area contributed by atoms with Crippen molar-refractivity contribution >= 4 is 11.9 Å². The summed E-state index contributed by atoms with van der Waals surface area (Å²) in [4.78, 5) is 28.2. The third-order valence-corrected chi connectivity index (χ3v) is 3.34. The number of hydroxylamine groups is 1. The number of carboxylic acid groups (broad SMARTS) is 1. The van der Waals surface area contributed by atoms with Gasteiger partial charge in [-0.25, -0.2) is 5.48 Å². The Bertz CT molecular complexity index is 498. The van der Waals surface area contributed by atoms with Crippen LogP contribution < -0.4 is 5.48 Å². The summed E-state index contributed by atoms with van der Waals surface area (Å²) in [5.41, 5.74) is 3.29. The van der Waals surface area contributed by atoms with Crippen molar-refractivity contribution in [2.24, 2.45) is 11.8 Å². The highest BCUT2D eigenvalue weighted by atomic mass is 16.6. The Balaban J connectivity index is 1.85. The molecule has 0 aliphatic heterocycles. The summed E-state index contributed by atoms with van der Waals surface area (Å²) in [6, 6.07) is 9.43. The van der Waals surface area contributed by atoms with Crippen LogP contribution in [0.25, 0.3) is 0 Å². The second kappa shape index (κ2) is 6.86. The molecule has 2 N–H and O–H groups in total. The Kier molecular flexibility index (Phi) is 4.90. The fourth-order valence-corrected chi connectivity index (χ4v) is 2.22. The molecule has 0 radical (unpaired) electrons. The number of carbonyl (C=O) groups is 2. The topological polar surface area (TPSA) is 75.6 Å². The molecule has 0 fully saturated rings. The van der Waals surface area contributed by atoms with E-state index in [0.717, 1.165) is 5.56 Å². The van der Waals surface area contributed by atoms with Gasteiger partial charge < -0.3 is 5.11 Å². The fraction of sp³-hybridized carbons (Fsp3) is 0.333. The lowest BCUT2D eigenvalue weighted by Crippen LogP contribution is -2.38. The molecule has 0 aromatic heterocycles. The molecule has 1 amide bonds. The molecule has 1 aliphatic rings. The lowest BCUT2D eigenvalue weighted by Gasteiger charge is -2.23. The highest BCUT2D eigenvalue weighted by Gasteiger charge is 2.34. The first-order valence-corrected chi connectivity index (χ1v) is 6.52. The summed E-state index contributed by atoms with van der Waals surface area (Å²) < 4.78 is 0. The van der Waals surface area contributed by atoms with E-state index >= 15 is 0 Å². The smallest absolute Gasteiger partial charge is 0.307 e. The lowest BCUT2D eigenvalue weighted by molar-refractivity contribution is -0.151. The monoisotopic (exact) mass is 275 g/mol. The maximum absolute atomic E-state index is 12.0. The molecule has 2 rings (SSSR count). The Morgan fingerprint density at radius 1 is 1.15 bits per heavy atom. The van der Waals surface area contributed by atoms with E-state index in [1.54, 1.807) is 6.08 Å². The highest BCUT2D eigenvalue weighted by Crippen LogP contribution is 2.26. The molecule has 106 valence electrons. The normalized spacial score (nSPS) is 21.4. The van der Waals surface area contributed by atoms with Gasteiger partial charge in [-0.05, 0) is 18.4 Å². The summed E-state index contributed by atoms with van der Waals surface area (Å²) in [5.74, 6) is -2.58. The SMILES string of the molecule is O=C(O)[C@H]1CC=CC[C@H]1C(=O)NOCc1ccccc1. The Labute approximate surface area is 117 Å².